The Labute approximate surface area is 120 Å². The van der Waals surface area contributed by atoms with Crippen LogP contribution in [0.5, 0.6) is 0 Å². The molecule has 4 nitrogen and oxygen atoms in total. The summed E-state index contributed by atoms with van der Waals surface area (Å²) in [6.45, 7) is 2.95. The SMILES string of the molecule is CN1CCCN(c2ccc(C(=O)O)c(C(F)(F)F)c2)CC1. The van der Waals surface area contributed by atoms with Gasteiger partial charge >= 0.3 is 12.1 Å². The minimum Gasteiger partial charge on any atom is -0.478 e. The fraction of sp³-hybridized carbons (Fsp3) is 0.500. The van der Waals surface area contributed by atoms with E-state index in [0.29, 0.717) is 18.8 Å². The summed E-state index contributed by atoms with van der Waals surface area (Å²) in [4.78, 5) is 14.9. The molecule has 1 aromatic carbocycles. The highest BCUT2D eigenvalue weighted by Crippen LogP contribution is 2.35. The standard InChI is InChI=1S/C14H17F3N2O2/c1-18-5-2-6-19(8-7-18)10-3-4-11(13(20)21)12(9-10)14(15,16)17/h3-4,9H,2,5-8H2,1H3,(H,20,21). The minimum atomic E-state index is -4.67. The molecule has 0 atom stereocenters. The second-order valence-corrected chi connectivity index (χ2v) is 5.18. The number of halogens is 3. The topological polar surface area (TPSA) is 43.8 Å². The van der Waals surface area contributed by atoms with Gasteiger partial charge in [0, 0.05) is 25.3 Å². The second-order valence-electron chi connectivity index (χ2n) is 5.18. The van der Waals surface area contributed by atoms with E-state index in [4.69, 9.17) is 5.11 Å². The van der Waals surface area contributed by atoms with Crippen molar-refractivity contribution in [3.05, 3.63) is 29.3 Å². The van der Waals surface area contributed by atoms with Gasteiger partial charge in [0.1, 0.15) is 0 Å². The van der Waals surface area contributed by atoms with E-state index in [0.717, 1.165) is 31.6 Å². The van der Waals surface area contributed by atoms with Gasteiger partial charge in [-0.15, -0.1) is 0 Å². The van der Waals surface area contributed by atoms with Gasteiger partial charge in [0.25, 0.3) is 0 Å². The normalized spacial score (nSPS) is 17.6. The van der Waals surface area contributed by atoms with Crippen LogP contribution in [0.4, 0.5) is 18.9 Å². The third kappa shape index (κ3) is 3.66. The van der Waals surface area contributed by atoms with E-state index in [2.05, 4.69) is 4.90 Å². The number of rotatable bonds is 2. The average Bonchev–Trinajstić information content (AvgIpc) is 2.62. The minimum absolute atomic E-state index is 0.419. The monoisotopic (exact) mass is 302 g/mol. The molecule has 1 N–H and O–H groups in total. The van der Waals surface area contributed by atoms with Crippen molar-refractivity contribution in [1.29, 1.82) is 0 Å². The molecule has 0 unspecified atom stereocenters. The van der Waals surface area contributed by atoms with Crippen LogP contribution in [0.25, 0.3) is 0 Å². The number of likely N-dealkylation sites (N-methyl/N-ethyl adjacent to an activating group) is 1. The van der Waals surface area contributed by atoms with Crippen LogP contribution in [-0.4, -0.2) is 49.2 Å². The zero-order chi connectivity index (χ0) is 15.6. The van der Waals surface area contributed by atoms with Crippen molar-refractivity contribution >= 4 is 11.7 Å². The van der Waals surface area contributed by atoms with Crippen molar-refractivity contribution in [1.82, 2.24) is 4.90 Å². The number of anilines is 1. The Morgan fingerprint density at radius 2 is 1.90 bits per heavy atom. The fourth-order valence-electron chi connectivity index (χ4n) is 2.45. The number of aromatic carboxylic acids is 1. The van der Waals surface area contributed by atoms with Crippen LogP contribution in [0.3, 0.4) is 0 Å². The molecule has 0 saturated carbocycles. The van der Waals surface area contributed by atoms with Gasteiger partial charge in [0.05, 0.1) is 11.1 Å². The van der Waals surface area contributed by atoms with Gasteiger partial charge in [-0.05, 0) is 38.2 Å². The van der Waals surface area contributed by atoms with E-state index in [1.165, 1.54) is 6.07 Å². The fourth-order valence-corrected chi connectivity index (χ4v) is 2.45. The first-order valence-electron chi connectivity index (χ1n) is 6.67. The van der Waals surface area contributed by atoms with Crippen LogP contribution in [0.1, 0.15) is 22.3 Å². The molecule has 0 spiro atoms. The number of hydrogen-bond donors (Lipinski definition) is 1. The predicted molar refractivity (Wildman–Crippen MR) is 72.7 cm³/mol. The smallest absolute Gasteiger partial charge is 0.417 e. The Balaban J connectivity index is 2.35. The highest BCUT2D eigenvalue weighted by Gasteiger charge is 2.36. The highest BCUT2D eigenvalue weighted by atomic mass is 19.4. The molecule has 0 aliphatic carbocycles. The van der Waals surface area contributed by atoms with Crippen LogP contribution in [0, 0.1) is 0 Å². The van der Waals surface area contributed by atoms with Crippen molar-refractivity contribution < 1.29 is 23.1 Å². The van der Waals surface area contributed by atoms with Gasteiger partial charge in [-0.25, -0.2) is 4.79 Å². The van der Waals surface area contributed by atoms with Gasteiger partial charge in [-0.1, -0.05) is 0 Å². The van der Waals surface area contributed by atoms with Gasteiger partial charge in [-0.3, -0.25) is 0 Å². The quantitative estimate of drug-likeness (QED) is 0.912. The van der Waals surface area contributed by atoms with E-state index in [1.54, 1.807) is 0 Å². The first kappa shape index (κ1) is 15.6. The largest absolute Gasteiger partial charge is 0.478 e. The van der Waals surface area contributed by atoms with Crippen molar-refractivity contribution in [2.45, 2.75) is 12.6 Å². The number of carbonyl (C=O) groups is 1. The molecule has 2 rings (SSSR count). The molecule has 1 aliphatic heterocycles. The van der Waals surface area contributed by atoms with Gasteiger partial charge in [0.15, 0.2) is 0 Å². The number of alkyl halides is 3. The lowest BCUT2D eigenvalue weighted by Crippen LogP contribution is -2.29. The van der Waals surface area contributed by atoms with Crippen molar-refractivity contribution in [3.63, 3.8) is 0 Å². The Morgan fingerprint density at radius 1 is 1.19 bits per heavy atom. The molecule has 1 saturated heterocycles. The summed E-state index contributed by atoms with van der Waals surface area (Å²) in [6.07, 6.45) is -3.81. The third-order valence-electron chi connectivity index (χ3n) is 3.62. The zero-order valence-electron chi connectivity index (χ0n) is 11.7. The van der Waals surface area contributed by atoms with Crippen LogP contribution in [0.2, 0.25) is 0 Å². The maximum atomic E-state index is 13.0. The summed E-state index contributed by atoms with van der Waals surface area (Å²) in [5.41, 5.74) is -1.38. The Morgan fingerprint density at radius 3 is 2.52 bits per heavy atom. The second kappa shape index (κ2) is 5.93. The van der Waals surface area contributed by atoms with Crippen LogP contribution in [-0.2, 0) is 6.18 Å². The van der Waals surface area contributed by atoms with Gasteiger partial charge < -0.3 is 14.9 Å². The molecule has 21 heavy (non-hydrogen) atoms. The van der Waals surface area contributed by atoms with E-state index in [1.807, 2.05) is 11.9 Å². The van der Waals surface area contributed by atoms with Crippen LogP contribution < -0.4 is 4.90 Å². The van der Waals surface area contributed by atoms with Crippen LogP contribution in [0.15, 0.2) is 18.2 Å². The Kier molecular flexibility index (Phi) is 4.41. The molecule has 0 radical (unpaired) electrons. The lowest BCUT2D eigenvalue weighted by molar-refractivity contribution is -0.138. The average molecular weight is 302 g/mol. The third-order valence-corrected chi connectivity index (χ3v) is 3.62. The predicted octanol–water partition coefficient (Wildman–Crippen LogP) is 2.55. The molecule has 1 aliphatic rings. The summed E-state index contributed by atoms with van der Waals surface area (Å²) >= 11 is 0. The Bertz CT molecular complexity index is 531. The molecule has 116 valence electrons. The first-order chi connectivity index (χ1) is 9.79. The zero-order valence-corrected chi connectivity index (χ0v) is 11.7. The number of benzene rings is 1. The molecule has 1 heterocycles. The highest BCUT2D eigenvalue weighted by molar-refractivity contribution is 5.90. The number of hydrogen-bond acceptors (Lipinski definition) is 3. The lowest BCUT2D eigenvalue weighted by atomic mass is 10.1. The molecule has 0 amide bonds. The number of carboxylic acid groups (broad SMARTS) is 1. The summed E-state index contributed by atoms with van der Waals surface area (Å²) < 4.78 is 39.0. The summed E-state index contributed by atoms with van der Waals surface area (Å²) in [7, 11) is 1.97. The van der Waals surface area contributed by atoms with Crippen molar-refractivity contribution in [2.75, 3.05) is 38.1 Å². The Hall–Kier alpha value is -1.76. The van der Waals surface area contributed by atoms with E-state index < -0.39 is 23.3 Å². The maximum Gasteiger partial charge on any atom is 0.417 e. The first-order valence-corrected chi connectivity index (χ1v) is 6.67. The van der Waals surface area contributed by atoms with Crippen molar-refractivity contribution in [2.24, 2.45) is 0 Å². The van der Waals surface area contributed by atoms with E-state index >= 15 is 0 Å². The lowest BCUT2D eigenvalue weighted by Gasteiger charge is -2.24. The number of carboxylic acids is 1. The molecule has 0 bridgehead atoms. The van der Waals surface area contributed by atoms with E-state index in [9.17, 15) is 18.0 Å². The molecule has 7 heteroatoms. The maximum absolute atomic E-state index is 13.0. The number of nitrogens with zero attached hydrogens (tertiary/aromatic N) is 2. The van der Waals surface area contributed by atoms with Gasteiger partial charge in [0.2, 0.25) is 0 Å². The summed E-state index contributed by atoms with van der Waals surface area (Å²) in [6, 6.07) is 3.42. The molecular formula is C14H17F3N2O2. The molecule has 1 aromatic rings. The summed E-state index contributed by atoms with van der Waals surface area (Å²) in [5.74, 6) is -1.57. The molecule has 0 aromatic heterocycles. The van der Waals surface area contributed by atoms with E-state index in [-0.39, 0.29) is 0 Å². The van der Waals surface area contributed by atoms with Crippen molar-refractivity contribution in [3.8, 4) is 0 Å². The summed E-state index contributed by atoms with van der Waals surface area (Å²) in [5, 5.41) is 8.89. The van der Waals surface area contributed by atoms with Crippen LogP contribution >= 0.6 is 0 Å². The van der Waals surface area contributed by atoms with Gasteiger partial charge in [-0.2, -0.15) is 13.2 Å². The molecular weight excluding hydrogens is 285 g/mol. The molecule has 1 fully saturated rings.